The van der Waals surface area contributed by atoms with Crippen LogP contribution in [0.4, 0.5) is 21.8 Å². The molecule has 0 atom stereocenters. The van der Waals surface area contributed by atoms with Gasteiger partial charge in [-0.05, 0) is 56.4 Å². The van der Waals surface area contributed by atoms with Gasteiger partial charge in [0.05, 0.1) is 0 Å². The number of fused-ring (bicyclic) bond motifs is 1. The predicted octanol–water partition coefficient (Wildman–Crippen LogP) is 4.60. The van der Waals surface area contributed by atoms with Crippen molar-refractivity contribution in [1.82, 2.24) is 19.9 Å². The first-order valence-corrected chi connectivity index (χ1v) is 9.21. The molecule has 3 aromatic rings. The highest BCUT2D eigenvalue weighted by Crippen LogP contribution is 2.23. The maximum absolute atomic E-state index is 13.1. The smallest absolute Gasteiger partial charge is 0.226 e. The fourth-order valence-electron chi connectivity index (χ4n) is 3.17. The van der Waals surface area contributed by atoms with Gasteiger partial charge >= 0.3 is 0 Å². The largest absolute Gasteiger partial charge is 0.354 e. The molecule has 0 saturated carbocycles. The van der Waals surface area contributed by atoms with E-state index in [-0.39, 0.29) is 5.82 Å². The third-order valence-corrected chi connectivity index (χ3v) is 4.55. The van der Waals surface area contributed by atoms with Crippen LogP contribution in [0.2, 0.25) is 0 Å². The average molecular weight is 364 g/mol. The lowest BCUT2D eigenvalue weighted by molar-refractivity contribution is 0.628. The second-order valence-corrected chi connectivity index (χ2v) is 6.54. The van der Waals surface area contributed by atoms with Gasteiger partial charge in [-0.15, -0.1) is 0 Å². The van der Waals surface area contributed by atoms with Crippen LogP contribution in [-0.4, -0.2) is 26.5 Å². The Kier molecular flexibility index (Phi) is 5.18. The summed E-state index contributed by atoms with van der Waals surface area (Å²) in [6, 6.07) is 6.10. The molecule has 2 N–H and O–H groups in total. The van der Waals surface area contributed by atoms with Crippen molar-refractivity contribution in [2.24, 2.45) is 0 Å². The fraction of sp³-hybridized carbons (Fsp3) is 0.300. The minimum Gasteiger partial charge on any atom is -0.354 e. The lowest BCUT2D eigenvalue weighted by Gasteiger charge is -2.14. The van der Waals surface area contributed by atoms with Gasteiger partial charge in [0.2, 0.25) is 5.95 Å². The zero-order valence-electron chi connectivity index (χ0n) is 15.0. The topological polar surface area (TPSA) is 75.6 Å². The van der Waals surface area contributed by atoms with Crippen LogP contribution in [0.25, 0.3) is 11.2 Å². The van der Waals surface area contributed by atoms with Gasteiger partial charge in [-0.1, -0.05) is 11.6 Å². The molecule has 4 rings (SSSR count). The highest BCUT2D eigenvalue weighted by molar-refractivity contribution is 5.85. The number of rotatable bonds is 6. The van der Waals surface area contributed by atoms with Crippen molar-refractivity contribution in [2.75, 3.05) is 17.2 Å². The highest BCUT2D eigenvalue weighted by Gasteiger charge is 2.11. The van der Waals surface area contributed by atoms with E-state index in [1.165, 1.54) is 43.4 Å². The SMILES string of the molecule is Fc1ccc(Nc2nc(NCCC3=CCCCC3)nc3nccnc23)cc1. The number of allylic oxidation sites excluding steroid dienone is 1. The van der Waals surface area contributed by atoms with Crippen molar-refractivity contribution in [3.63, 3.8) is 0 Å². The molecule has 138 valence electrons. The molecule has 6 nitrogen and oxygen atoms in total. The standard InChI is InChI=1S/C20H21FN6/c21-15-6-8-16(9-7-15)25-19-17-18(23-13-12-22-17)26-20(27-19)24-11-10-14-4-2-1-3-5-14/h4,6-9,12-13H,1-3,5,10-11H2,(H2,23,24,25,26,27). The Morgan fingerprint density at radius 1 is 1.00 bits per heavy atom. The van der Waals surface area contributed by atoms with E-state index in [4.69, 9.17) is 0 Å². The summed E-state index contributed by atoms with van der Waals surface area (Å²) >= 11 is 0. The van der Waals surface area contributed by atoms with Crippen LogP contribution in [0, 0.1) is 5.82 Å². The summed E-state index contributed by atoms with van der Waals surface area (Å²) in [6.45, 7) is 0.771. The molecule has 1 aromatic carbocycles. The van der Waals surface area contributed by atoms with Crippen LogP contribution in [0.1, 0.15) is 32.1 Å². The van der Waals surface area contributed by atoms with Gasteiger partial charge in [0.25, 0.3) is 0 Å². The molecule has 0 saturated heterocycles. The van der Waals surface area contributed by atoms with Crippen molar-refractivity contribution >= 4 is 28.6 Å². The van der Waals surface area contributed by atoms with Crippen molar-refractivity contribution in [2.45, 2.75) is 32.1 Å². The molecule has 0 amide bonds. The van der Waals surface area contributed by atoms with Crippen LogP contribution < -0.4 is 10.6 Å². The molecule has 0 spiro atoms. The molecule has 0 fully saturated rings. The second kappa shape index (κ2) is 8.07. The van der Waals surface area contributed by atoms with Gasteiger partial charge in [-0.3, -0.25) is 0 Å². The Labute approximate surface area is 157 Å². The summed E-state index contributed by atoms with van der Waals surface area (Å²) in [5.74, 6) is 0.760. The van der Waals surface area contributed by atoms with E-state index in [1.807, 2.05) is 0 Å². The van der Waals surface area contributed by atoms with Gasteiger partial charge in [0.15, 0.2) is 17.0 Å². The van der Waals surface area contributed by atoms with Gasteiger partial charge in [-0.2, -0.15) is 9.97 Å². The number of benzene rings is 1. The fourth-order valence-corrected chi connectivity index (χ4v) is 3.17. The number of aromatic nitrogens is 4. The lowest BCUT2D eigenvalue weighted by atomic mass is 9.97. The van der Waals surface area contributed by atoms with Crippen LogP contribution in [0.3, 0.4) is 0 Å². The first-order valence-electron chi connectivity index (χ1n) is 9.21. The maximum atomic E-state index is 13.1. The predicted molar refractivity (Wildman–Crippen MR) is 104 cm³/mol. The number of hydrogen-bond acceptors (Lipinski definition) is 6. The summed E-state index contributed by atoms with van der Waals surface area (Å²) < 4.78 is 13.1. The van der Waals surface area contributed by atoms with Crippen LogP contribution >= 0.6 is 0 Å². The summed E-state index contributed by atoms with van der Waals surface area (Å²) in [7, 11) is 0. The second-order valence-electron chi connectivity index (χ2n) is 6.54. The lowest BCUT2D eigenvalue weighted by Crippen LogP contribution is -2.09. The van der Waals surface area contributed by atoms with Gasteiger partial charge in [0, 0.05) is 24.6 Å². The Hall–Kier alpha value is -3.09. The molecule has 2 heterocycles. The third kappa shape index (κ3) is 4.36. The van der Waals surface area contributed by atoms with Gasteiger partial charge < -0.3 is 10.6 Å². The Bertz CT molecular complexity index is 954. The number of halogens is 1. The third-order valence-electron chi connectivity index (χ3n) is 4.55. The highest BCUT2D eigenvalue weighted by atomic mass is 19.1. The molecule has 0 radical (unpaired) electrons. The molecule has 2 aromatic heterocycles. The Morgan fingerprint density at radius 3 is 2.67 bits per heavy atom. The van der Waals surface area contributed by atoms with E-state index in [2.05, 4.69) is 36.6 Å². The monoisotopic (exact) mass is 364 g/mol. The zero-order chi connectivity index (χ0) is 18.5. The average Bonchev–Trinajstić information content (AvgIpc) is 2.71. The quantitative estimate of drug-likeness (QED) is 0.622. The van der Waals surface area contributed by atoms with Crippen LogP contribution in [0.5, 0.6) is 0 Å². The van der Waals surface area contributed by atoms with Crippen LogP contribution in [-0.2, 0) is 0 Å². The number of anilines is 3. The van der Waals surface area contributed by atoms with E-state index >= 15 is 0 Å². The molecule has 0 aliphatic heterocycles. The summed E-state index contributed by atoms with van der Waals surface area (Å²) in [5.41, 5.74) is 3.30. The Balaban J connectivity index is 1.54. The molecular weight excluding hydrogens is 343 g/mol. The van der Waals surface area contributed by atoms with E-state index in [0.717, 1.165) is 18.7 Å². The minimum absolute atomic E-state index is 0.285. The number of hydrogen-bond donors (Lipinski definition) is 2. The number of nitrogens with one attached hydrogen (secondary N) is 2. The first kappa shape index (κ1) is 17.3. The molecular formula is C20H21FN6. The zero-order valence-corrected chi connectivity index (χ0v) is 15.0. The van der Waals surface area contributed by atoms with E-state index < -0.39 is 0 Å². The van der Waals surface area contributed by atoms with Gasteiger partial charge in [-0.25, -0.2) is 14.4 Å². The molecule has 1 aliphatic carbocycles. The van der Waals surface area contributed by atoms with E-state index in [9.17, 15) is 4.39 Å². The Morgan fingerprint density at radius 2 is 1.85 bits per heavy atom. The molecule has 1 aliphatic rings. The minimum atomic E-state index is -0.285. The van der Waals surface area contributed by atoms with Gasteiger partial charge in [0.1, 0.15) is 5.82 Å². The summed E-state index contributed by atoms with van der Waals surface area (Å²) in [5, 5.41) is 6.47. The van der Waals surface area contributed by atoms with E-state index in [0.29, 0.717) is 22.9 Å². The van der Waals surface area contributed by atoms with Crippen molar-refractivity contribution in [3.05, 3.63) is 54.1 Å². The van der Waals surface area contributed by atoms with Crippen molar-refractivity contribution in [1.29, 1.82) is 0 Å². The molecule has 27 heavy (non-hydrogen) atoms. The van der Waals surface area contributed by atoms with Crippen LogP contribution in [0.15, 0.2) is 48.3 Å². The summed E-state index contributed by atoms with van der Waals surface area (Å²) in [4.78, 5) is 17.6. The van der Waals surface area contributed by atoms with Crippen molar-refractivity contribution in [3.8, 4) is 0 Å². The molecule has 0 bridgehead atoms. The maximum Gasteiger partial charge on any atom is 0.226 e. The normalized spacial score (nSPS) is 14.0. The number of nitrogens with zero attached hydrogens (tertiary/aromatic N) is 4. The van der Waals surface area contributed by atoms with E-state index in [1.54, 1.807) is 24.5 Å². The summed E-state index contributed by atoms with van der Waals surface area (Å²) in [6.07, 6.45) is 11.5. The first-order chi connectivity index (χ1) is 13.3. The van der Waals surface area contributed by atoms with Crippen molar-refractivity contribution < 1.29 is 4.39 Å². The molecule has 7 heteroatoms. The molecule has 0 unspecified atom stereocenters.